The molecular formula is C16H23NO4. The first-order valence-electron chi connectivity index (χ1n) is 7.28. The molecule has 5 nitrogen and oxygen atoms in total. The summed E-state index contributed by atoms with van der Waals surface area (Å²) in [4.78, 5) is 14.3. The largest absolute Gasteiger partial charge is 0.508 e. The number of carbonyl (C=O) groups excluding carboxylic acids is 1. The molecule has 2 rings (SSSR count). The van der Waals surface area contributed by atoms with Crippen LogP contribution in [0.1, 0.15) is 12.8 Å². The van der Waals surface area contributed by atoms with Crippen LogP contribution in [0.2, 0.25) is 0 Å². The summed E-state index contributed by atoms with van der Waals surface area (Å²) in [5.41, 5.74) is 0. The first-order valence-corrected chi connectivity index (χ1v) is 7.28. The molecule has 1 aromatic rings. The minimum Gasteiger partial charge on any atom is -0.508 e. The number of hydrogen-bond donors (Lipinski definition) is 1. The second-order valence-electron chi connectivity index (χ2n) is 5.58. The van der Waals surface area contributed by atoms with Gasteiger partial charge < -0.3 is 19.5 Å². The number of methoxy groups -OCH3 is 1. The summed E-state index contributed by atoms with van der Waals surface area (Å²) >= 11 is 0. The molecule has 5 heteroatoms. The number of aromatic hydroxyl groups is 1. The van der Waals surface area contributed by atoms with Crippen molar-refractivity contribution >= 4 is 5.97 Å². The van der Waals surface area contributed by atoms with Crippen molar-refractivity contribution in [3.05, 3.63) is 24.3 Å². The zero-order valence-electron chi connectivity index (χ0n) is 12.6. The SMILES string of the molecule is COC(=O)C(COc1cccc(O)c1)C1CCN(C)CC1. The fourth-order valence-electron chi connectivity index (χ4n) is 2.74. The highest BCUT2D eigenvalue weighted by Gasteiger charge is 2.32. The van der Waals surface area contributed by atoms with Gasteiger partial charge in [0.05, 0.1) is 13.0 Å². The van der Waals surface area contributed by atoms with E-state index in [0.717, 1.165) is 25.9 Å². The molecule has 116 valence electrons. The fourth-order valence-corrected chi connectivity index (χ4v) is 2.74. The molecule has 1 aromatic carbocycles. The lowest BCUT2D eigenvalue weighted by molar-refractivity contribution is -0.149. The molecule has 1 unspecified atom stereocenters. The van der Waals surface area contributed by atoms with Crippen LogP contribution in [0.3, 0.4) is 0 Å². The lowest BCUT2D eigenvalue weighted by Crippen LogP contribution is -2.38. The number of rotatable bonds is 5. The molecule has 0 saturated carbocycles. The zero-order chi connectivity index (χ0) is 15.2. The van der Waals surface area contributed by atoms with E-state index in [1.165, 1.54) is 7.11 Å². The van der Waals surface area contributed by atoms with Crippen LogP contribution < -0.4 is 4.74 Å². The number of esters is 1. The quantitative estimate of drug-likeness (QED) is 0.840. The maximum atomic E-state index is 12.0. The smallest absolute Gasteiger partial charge is 0.312 e. The van der Waals surface area contributed by atoms with Crippen molar-refractivity contribution < 1.29 is 19.4 Å². The van der Waals surface area contributed by atoms with Gasteiger partial charge in [-0.1, -0.05) is 6.07 Å². The molecule has 1 aliphatic rings. The molecule has 0 amide bonds. The van der Waals surface area contributed by atoms with Gasteiger partial charge in [-0.2, -0.15) is 0 Å². The number of carbonyl (C=O) groups is 1. The fraction of sp³-hybridized carbons (Fsp3) is 0.562. The number of hydrogen-bond acceptors (Lipinski definition) is 5. The van der Waals surface area contributed by atoms with Gasteiger partial charge in [0.2, 0.25) is 0 Å². The van der Waals surface area contributed by atoms with Crippen molar-refractivity contribution in [3.63, 3.8) is 0 Å². The molecule has 1 saturated heterocycles. The van der Waals surface area contributed by atoms with E-state index in [2.05, 4.69) is 11.9 Å². The van der Waals surface area contributed by atoms with Gasteiger partial charge in [0.15, 0.2) is 0 Å². The second-order valence-corrected chi connectivity index (χ2v) is 5.58. The normalized spacial score (nSPS) is 18.2. The molecule has 1 aliphatic heterocycles. The third-order valence-electron chi connectivity index (χ3n) is 4.08. The van der Waals surface area contributed by atoms with Gasteiger partial charge in [-0.15, -0.1) is 0 Å². The highest BCUT2D eigenvalue weighted by molar-refractivity contribution is 5.72. The van der Waals surface area contributed by atoms with E-state index in [4.69, 9.17) is 9.47 Å². The van der Waals surface area contributed by atoms with Crippen LogP contribution in [0.5, 0.6) is 11.5 Å². The number of nitrogens with zero attached hydrogens (tertiary/aromatic N) is 1. The van der Waals surface area contributed by atoms with Crippen molar-refractivity contribution in [1.29, 1.82) is 0 Å². The Bertz CT molecular complexity index is 469. The van der Waals surface area contributed by atoms with E-state index < -0.39 is 0 Å². The highest BCUT2D eigenvalue weighted by atomic mass is 16.5. The Kier molecular flexibility index (Phi) is 5.44. The van der Waals surface area contributed by atoms with Gasteiger partial charge in [-0.25, -0.2) is 0 Å². The van der Waals surface area contributed by atoms with Crippen molar-refractivity contribution in [3.8, 4) is 11.5 Å². The molecular weight excluding hydrogens is 270 g/mol. The summed E-state index contributed by atoms with van der Waals surface area (Å²) < 4.78 is 10.6. The predicted molar refractivity (Wildman–Crippen MR) is 79.3 cm³/mol. The van der Waals surface area contributed by atoms with E-state index in [9.17, 15) is 9.90 Å². The van der Waals surface area contributed by atoms with Gasteiger partial charge in [-0.05, 0) is 51.0 Å². The average molecular weight is 293 g/mol. The van der Waals surface area contributed by atoms with Crippen LogP contribution in [0.25, 0.3) is 0 Å². The Morgan fingerprint density at radius 2 is 2.14 bits per heavy atom. The third kappa shape index (κ3) is 4.36. The van der Waals surface area contributed by atoms with Crippen molar-refractivity contribution in [2.75, 3.05) is 33.9 Å². The van der Waals surface area contributed by atoms with E-state index in [1.807, 2.05) is 0 Å². The summed E-state index contributed by atoms with van der Waals surface area (Å²) in [5, 5.41) is 9.43. The maximum Gasteiger partial charge on any atom is 0.312 e. The topological polar surface area (TPSA) is 59.0 Å². The van der Waals surface area contributed by atoms with Crippen molar-refractivity contribution in [2.24, 2.45) is 11.8 Å². The van der Waals surface area contributed by atoms with Crippen LogP contribution in [-0.4, -0.2) is 49.8 Å². The summed E-state index contributed by atoms with van der Waals surface area (Å²) in [5.74, 6) is 0.528. The zero-order valence-corrected chi connectivity index (χ0v) is 12.6. The van der Waals surface area contributed by atoms with Crippen LogP contribution in [0, 0.1) is 11.8 Å². The van der Waals surface area contributed by atoms with Gasteiger partial charge in [0.1, 0.15) is 18.1 Å². The molecule has 1 fully saturated rings. The number of piperidine rings is 1. The predicted octanol–water partition coefficient (Wildman–Crippen LogP) is 1.90. The van der Waals surface area contributed by atoms with Crippen LogP contribution >= 0.6 is 0 Å². The van der Waals surface area contributed by atoms with Crippen LogP contribution in [0.15, 0.2) is 24.3 Å². The summed E-state index contributed by atoms with van der Waals surface area (Å²) in [6, 6.07) is 6.61. The number of benzene rings is 1. The number of phenols is 1. The van der Waals surface area contributed by atoms with E-state index in [-0.39, 0.29) is 30.2 Å². The Labute approximate surface area is 125 Å². The van der Waals surface area contributed by atoms with Gasteiger partial charge in [-0.3, -0.25) is 4.79 Å². The number of phenolic OH excluding ortho intramolecular Hbond substituents is 1. The maximum absolute atomic E-state index is 12.0. The monoisotopic (exact) mass is 293 g/mol. The molecule has 1 heterocycles. The number of likely N-dealkylation sites (tertiary alicyclic amines) is 1. The van der Waals surface area contributed by atoms with E-state index >= 15 is 0 Å². The Morgan fingerprint density at radius 1 is 1.43 bits per heavy atom. The molecule has 1 N–H and O–H groups in total. The minimum absolute atomic E-state index is 0.154. The van der Waals surface area contributed by atoms with E-state index in [1.54, 1.807) is 24.3 Å². The average Bonchev–Trinajstić information content (AvgIpc) is 2.49. The highest BCUT2D eigenvalue weighted by Crippen LogP contribution is 2.27. The second kappa shape index (κ2) is 7.31. The van der Waals surface area contributed by atoms with Crippen LogP contribution in [-0.2, 0) is 9.53 Å². The summed E-state index contributed by atoms with van der Waals surface area (Å²) in [6.45, 7) is 2.26. The van der Waals surface area contributed by atoms with Gasteiger partial charge >= 0.3 is 5.97 Å². The lowest BCUT2D eigenvalue weighted by Gasteiger charge is -2.32. The molecule has 21 heavy (non-hydrogen) atoms. The summed E-state index contributed by atoms with van der Waals surface area (Å²) in [6.07, 6.45) is 1.94. The standard InChI is InChI=1S/C16H23NO4/c1-17-8-6-12(7-9-17)15(16(19)20-2)11-21-14-5-3-4-13(18)10-14/h3-5,10,12,15,18H,6-9,11H2,1-2H3. The van der Waals surface area contributed by atoms with Crippen molar-refractivity contribution in [1.82, 2.24) is 4.90 Å². The minimum atomic E-state index is -0.258. The van der Waals surface area contributed by atoms with E-state index in [0.29, 0.717) is 5.75 Å². The van der Waals surface area contributed by atoms with Crippen molar-refractivity contribution in [2.45, 2.75) is 12.8 Å². The Morgan fingerprint density at radius 3 is 2.76 bits per heavy atom. The molecule has 0 aromatic heterocycles. The molecule has 1 atom stereocenters. The molecule has 0 aliphatic carbocycles. The third-order valence-corrected chi connectivity index (χ3v) is 4.08. The summed E-state index contributed by atoms with van der Waals surface area (Å²) in [7, 11) is 3.51. The number of ether oxygens (including phenoxy) is 2. The molecule has 0 bridgehead atoms. The van der Waals surface area contributed by atoms with Gasteiger partial charge in [0, 0.05) is 6.07 Å². The molecule has 0 spiro atoms. The Balaban J connectivity index is 1.98. The molecule has 0 radical (unpaired) electrons. The van der Waals surface area contributed by atoms with Crippen LogP contribution in [0.4, 0.5) is 0 Å². The Hall–Kier alpha value is -1.75. The first kappa shape index (κ1) is 15.6. The lowest BCUT2D eigenvalue weighted by atomic mass is 9.85. The first-order chi connectivity index (χ1) is 10.1. The van der Waals surface area contributed by atoms with Gasteiger partial charge in [0.25, 0.3) is 0 Å².